The van der Waals surface area contributed by atoms with Gasteiger partial charge in [-0.15, -0.1) is 11.3 Å². The van der Waals surface area contributed by atoms with Crippen molar-refractivity contribution in [3.05, 3.63) is 39.8 Å². The Labute approximate surface area is 164 Å². The second-order valence-electron chi connectivity index (χ2n) is 6.29. The number of hydrogen-bond donors (Lipinski definition) is 2. The number of nitrogens with one attached hydrogen (secondary N) is 2. The molecule has 28 heavy (non-hydrogen) atoms. The maximum atomic E-state index is 12.2. The number of hydrazone groups is 1. The Bertz CT molecular complexity index is 1020. The predicted octanol–water partition coefficient (Wildman–Crippen LogP) is 2.32. The predicted molar refractivity (Wildman–Crippen MR) is 103 cm³/mol. The second-order valence-corrected chi connectivity index (χ2v) is 7.40. The normalized spacial score (nSPS) is 14.4. The van der Waals surface area contributed by atoms with Gasteiger partial charge in [0.25, 0.3) is 0 Å². The number of anilines is 1. The number of aryl methyl sites for hydroxylation is 1. The summed E-state index contributed by atoms with van der Waals surface area (Å²) in [6, 6.07) is 7.35. The molecule has 0 atom stereocenters. The van der Waals surface area contributed by atoms with E-state index in [0.29, 0.717) is 27.6 Å². The van der Waals surface area contributed by atoms with Gasteiger partial charge in [-0.25, -0.2) is 5.43 Å². The molecule has 4 rings (SSSR count). The minimum atomic E-state index is -0.910. The van der Waals surface area contributed by atoms with E-state index in [1.807, 2.05) is 0 Å². The van der Waals surface area contributed by atoms with Crippen LogP contribution in [0, 0.1) is 11.3 Å². The largest absolute Gasteiger partial charge is 0.454 e. The van der Waals surface area contributed by atoms with Gasteiger partial charge in [0.2, 0.25) is 6.79 Å². The molecule has 0 saturated carbocycles. The number of thiophene rings is 1. The van der Waals surface area contributed by atoms with Gasteiger partial charge in [0.1, 0.15) is 11.1 Å². The first-order valence-corrected chi connectivity index (χ1v) is 9.56. The Morgan fingerprint density at radius 2 is 2.00 bits per heavy atom. The molecule has 2 aliphatic rings. The van der Waals surface area contributed by atoms with Crippen LogP contribution in [0.25, 0.3) is 0 Å². The Hall–Kier alpha value is -3.38. The van der Waals surface area contributed by atoms with Gasteiger partial charge in [0.05, 0.1) is 11.8 Å². The molecular weight excluding hydrogens is 380 g/mol. The first kappa shape index (κ1) is 18.0. The molecule has 1 aliphatic heterocycles. The third-order valence-corrected chi connectivity index (χ3v) is 5.70. The van der Waals surface area contributed by atoms with E-state index in [1.165, 1.54) is 17.6 Å². The van der Waals surface area contributed by atoms with E-state index in [4.69, 9.17) is 9.47 Å². The van der Waals surface area contributed by atoms with Crippen molar-refractivity contribution in [2.75, 3.05) is 12.1 Å². The summed E-state index contributed by atoms with van der Waals surface area (Å²) in [5, 5.41) is 16.2. The zero-order chi connectivity index (χ0) is 19.5. The first-order chi connectivity index (χ1) is 13.7. The van der Waals surface area contributed by atoms with Crippen LogP contribution in [0.4, 0.5) is 5.00 Å². The van der Waals surface area contributed by atoms with Gasteiger partial charge in [-0.05, 0) is 55.0 Å². The van der Waals surface area contributed by atoms with E-state index in [9.17, 15) is 14.9 Å². The minimum absolute atomic E-state index is 0.170. The molecule has 2 heterocycles. The average Bonchev–Trinajstić information content (AvgIpc) is 3.30. The van der Waals surface area contributed by atoms with Gasteiger partial charge in [-0.2, -0.15) is 10.4 Å². The van der Waals surface area contributed by atoms with Crippen LogP contribution in [0.1, 0.15) is 34.4 Å². The van der Waals surface area contributed by atoms with Crippen LogP contribution in [0.3, 0.4) is 0 Å². The van der Waals surface area contributed by atoms with Crippen LogP contribution in [-0.4, -0.2) is 24.8 Å². The van der Waals surface area contributed by atoms with E-state index >= 15 is 0 Å². The Morgan fingerprint density at radius 3 is 2.86 bits per heavy atom. The fraction of sp³-hybridized carbons (Fsp3) is 0.263. The number of benzene rings is 1. The summed E-state index contributed by atoms with van der Waals surface area (Å²) in [6.07, 6.45) is 5.23. The summed E-state index contributed by atoms with van der Waals surface area (Å²) in [6.45, 7) is 0.170. The molecule has 0 unspecified atom stereocenters. The number of ether oxygens (including phenoxy) is 2. The molecule has 0 bridgehead atoms. The molecule has 2 amide bonds. The topological polar surface area (TPSA) is 113 Å². The summed E-state index contributed by atoms with van der Waals surface area (Å²) < 4.78 is 10.5. The van der Waals surface area contributed by atoms with Crippen LogP contribution in [0.2, 0.25) is 0 Å². The fourth-order valence-electron chi connectivity index (χ4n) is 3.14. The third kappa shape index (κ3) is 3.54. The zero-order valence-electron chi connectivity index (χ0n) is 14.8. The highest BCUT2D eigenvalue weighted by Gasteiger charge is 2.23. The number of carbonyl (C=O) groups excluding carboxylic acids is 2. The Balaban J connectivity index is 1.38. The van der Waals surface area contributed by atoms with Crippen molar-refractivity contribution in [2.45, 2.75) is 25.7 Å². The van der Waals surface area contributed by atoms with Crippen molar-refractivity contribution < 1.29 is 19.1 Å². The number of carbonyl (C=O) groups is 2. The molecule has 2 N–H and O–H groups in total. The molecule has 142 valence electrons. The molecule has 0 radical (unpaired) electrons. The minimum Gasteiger partial charge on any atom is -0.454 e. The Morgan fingerprint density at radius 1 is 1.18 bits per heavy atom. The summed E-state index contributed by atoms with van der Waals surface area (Å²) in [4.78, 5) is 25.3. The van der Waals surface area contributed by atoms with Crippen LogP contribution >= 0.6 is 11.3 Å². The summed E-state index contributed by atoms with van der Waals surface area (Å²) in [7, 11) is 0. The van der Waals surface area contributed by atoms with Gasteiger partial charge >= 0.3 is 11.8 Å². The summed E-state index contributed by atoms with van der Waals surface area (Å²) in [5.41, 5.74) is 4.33. The highest BCUT2D eigenvalue weighted by atomic mass is 32.1. The van der Waals surface area contributed by atoms with E-state index in [2.05, 4.69) is 21.9 Å². The van der Waals surface area contributed by atoms with Crippen molar-refractivity contribution in [1.82, 2.24) is 5.43 Å². The van der Waals surface area contributed by atoms with Crippen LogP contribution in [-0.2, 0) is 22.4 Å². The number of amides is 2. The van der Waals surface area contributed by atoms with E-state index in [-0.39, 0.29) is 6.79 Å². The maximum absolute atomic E-state index is 12.2. The number of hydrogen-bond acceptors (Lipinski definition) is 7. The van der Waals surface area contributed by atoms with Gasteiger partial charge in [0, 0.05) is 4.88 Å². The lowest BCUT2D eigenvalue weighted by Crippen LogP contribution is -2.32. The maximum Gasteiger partial charge on any atom is 0.329 e. The summed E-state index contributed by atoms with van der Waals surface area (Å²) >= 11 is 1.37. The fourth-order valence-corrected chi connectivity index (χ4v) is 4.38. The molecule has 1 aliphatic carbocycles. The summed E-state index contributed by atoms with van der Waals surface area (Å²) in [5.74, 6) is -0.531. The van der Waals surface area contributed by atoms with Crippen LogP contribution < -0.4 is 20.2 Å². The number of rotatable bonds is 3. The standard InChI is InChI=1S/C19H16N4O4S/c20-8-13-12-3-1-2-4-16(12)28-19(13)22-17(24)18(25)23-21-9-11-5-6-14-15(7-11)27-10-26-14/h5-7,9H,1-4,10H2,(H,22,24)(H,23,25). The van der Waals surface area contributed by atoms with E-state index in [0.717, 1.165) is 36.1 Å². The third-order valence-electron chi connectivity index (χ3n) is 4.49. The van der Waals surface area contributed by atoms with Crippen molar-refractivity contribution in [1.29, 1.82) is 5.26 Å². The van der Waals surface area contributed by atoms with Gasteiger partial charge in [-0.3, -0.25) is 9.59 Å². The van der Waals surface area contributed by atoms with Crippen molar-refractivity contribution in [3.63, 3.8) is 0 Å². The quantitative estimate of drug-likeness (QED) is 0.470. The zero-order valence-corrected chi connectivity index (χ0v) is 15.6. The van der Waals surface area contributed by atoms with Crippen molar-refractivity contribution in [2.24, 2.45) is 5.10 Å². The lowest BCUT2D eigenvalue weighted by molar-refractivity contribution is -0.136. The molecule has 8 nitrogen and oxygen atoms in total. The lowest BCUT2D eigenvalue weighted by atomic mass is 9.96. The second kappa shape index (κ2) is 7.70. The number of fused-ring (bicyclic) bond motifs is 2. The van der Waals surface area contributed by atoms with Crippen molar-refractivity contribution >= 4 is 34.4 Å². The number of nitriles is 1. The lowest BCUT2D eigenvalue weighted by Gasteiger charge is -2.09. The highest BCUT2D eigenvalue weighted by Crippen LogP contribution is 2.37. The van der Waals surface area contributed by atoms with E-state index in [1.54, 1.807) is 18.2 Å². The van der Waals surface area contributed by atoms with Crippen LogP contribution in [0.15, 0.2) is 23.3 Å². The molecule has 0 fully saturated rings. The van der Waals surface area contributed by atoms with Crippen molar-refractivity contribution in [3.8, 4) is 17.6 Å². The Kier molecular flexibility index (Phi) is 4.95. The molecule has 1 aromatic heterocycles. The molecule has 9 heteroatoms. The number of nitrogens with zero attached hydrogens (tertiary/aromatic N) is 2. The highest BCUT2D eigenvalue weighted by molar-refractivity contribution is 7.16. The first-order valence-electron chi connectivity index (χ1n) is 8.74. The molecular formula is C19H16N4O4S. The van der Waals surface area contributed by atoms with Gasteiger partial charge in [-0.1, -0.05) is 0 Å². The van der Waals surface area contributed by atoms with Gasteiger partial charge in [0.15, 0.2) is 11.5 Å². The smallest absolute Gasteiger partial charge is 0.329 e. The van der Waals surface area contributed by atoms with Crippen LogP contribution in [0.5, 0.6) is 11.5 Å². The molecule has 2 aromatic rings. The molecule has 1 aromatic carbocycles. The molecule has 0 saturated heterocycles. The van der Waals surface area contributed by atoms with E-state index < -0.39 is 11.8 Å². The average molecular weight is 396 g/mol. The monoisotopic (exact) mass is 396 g/mol. The SMILES string of the molecule is N#Cc1c(NC(=O)C(=O)NN=Cc2ccc3c(c2)OCO3)sc2c1CCCC2. The molecule has 0 spiro atoms. The van der Waals surface area contributed by atoms with Gasteiger partial charge < -0.3 is 14.8 Å².